The Morgan fingerprint density at radius 3 is 1.42 bits per heavy atom. The summed E-state index contributed by atoms with van der Waals surface area (Å²) in [5.41, 5.74) is 0. The van der Waals surface area contributed by atoms with E-state index in [9.17, 15) is 0 Å². The van der Waals surface area contributed by atoms with Crippen molar-refractivity contribution in [3.05, 3.63) is 0 Å². The molecule has 0 saturated carbocycles. The largest absolute Gasteiger partial charge is 0.479 e. The van der Waals surface area contributed by atoms with E-state index < -0.39 is 34.5 Å². The average molecular weight is 341 g/mol. The fourth-order valence-corrected chi connectivity index (χ4v) is 22.3. The minimum atomic E-state index is -2.68. The molecule has 0 atom stereocenters. The fraction of sp³-hybridized carbons (Fsp3) is 1.00. The summed E-state index contributed by atoms with van der Waals surface area (Å²) in [6.07, 6.45) is 0.946. The Bertz CT molecular complexity index is 299. The molecule has 0 amide bonds. The first-order valence-electron chi connectivity index (χ1n) is 6.83. The van der Waals surface area contributed by atoms with Crippen LogP contribution in [0.4, 0.5) is 0 Å². The Hall–Kier alpha value is 0.668. The summed E-state index contributed by atoms with van der Waals surface area (Å²) in [7, 11) is -9.45. The number of rotatable bonds is 3. The fourth-order valence-electron chi connectivity index (χ4n) is 2.51. The second kappa shape index (κ2) is 5.81. The minimum Gasteiger partial charge on any atom is -0.416 e. The van der Waals surface area contributed by atoms with Crippen LogP contribution in [-0.4, -0.2) is 41.1 Å². The van der Waals surface area contributed by atoms with Crippen molar-refractivity contribution in [3.63, 3.8) is 0 Å². The van der Waals surface area contributed by atoms with Crippen molar-refractivity contribution in [1.29, 1.82) is 0 Å². The summed E-state index contributed by atoms with van der Waals surface area (Å²) in [5.74, 6) is 0. The summed E-state index contributed by atoms with van der Waals surface area (Å²) in [4.78, 5) is 0. The maximum atomic E-state index is 6.24. The van der Waals surface area contributed by atoms with Gasteiger partial charge in [-0.3, -0.25) is 0 Å². The van der Waals surface area contributed by atoms with Gasteiger partial charge in [0, 0.05) is 13.2 Å². The van der Waals surface area contributed by atoms with Gasteiger partial charge in [0.05, 0.1) is 0 Å². The minimum absolute atomic E-state index is 0.651. The second-order valence-electron chi connectivity index (χ2n) is 6.32. The molecule has 9 heteroatoms. The summed E-state index contributed by atoms with van der Waals surface area (Å²) >= 11 is 0. The lowest BCUT2D eigenvalue weighted by atomic mass is 10.5. The lowest BCUT2D eigenvalue weighted by Gasteiger charge is -2.46. The lowest BCUT2D eigenvalue weighted by Crippen LogP contribution is -2.66. The quantitative estimate of drug-likeness (QED) is 0.738. The van der Waals surface area contributed by atoms with Crippen LogP contribution < -0.4 is 0 Å². The molecule has 1 rings (SSSR count). The van der Waals surface area contributed by atoms with Crippen LogP contribution in [0.5, 0.6) is 0 Å². The van der Waals surface area contributed by atoms with Crippen LogP contribution in [0.25, 0.3) is 0 Å². The molecule has 0 aliphatic carbocycles. The molecule has 0 bridgehead atoms. The first-order chi connectivity index (χ1) is 8.39. The van der Waals surface area contributed by atoms with E-state index >= 15 is 0 Å². The molecule has 19 heavy (non-hydrogen) atoms. The van der Waals surface area contributed by atoms with E-state index in [1.165, 1.54) is 0 Å². The molecule has 0 aromatic carbocycles. The van der Waals surface area contributed by atoms with E-state index in [1.54, 1.807) is 0 Å². The zero-order valence-corrected chi connectivity index (χ0v) is 17.5. The Labute approximate surface area is 121 Å². The predicted molar refractivity (Wildman–Crippen MR) is 84.6 cm³/mol. The van der Waals surface area contributed by atoms with Crippen LogP contribution in [-0.2, 0) is 20.9 Å². The van der Waals surface area contributed by atoms with Gasteiger partial charge in [-0.25, -0.2) is 0 Å². The number of hydrogen-bond donors (Lipinski definition) is 0. The van der Waals surface area contributed by atoms with E-state index in [0.717, 1.165) is 6.42 Å². The number of hydrogen-bond acceptors (Lipinski definition) is 5. The van der Waals surface area contributed by atoms with Crippen LogP contribution >= 0.6 is 0 Å². The Morgan fingerprint density at radius 2 is 1.05 bits per heavy atom. The van der Waals surface area contributed by atoms with E-state index in [2.05, 4.69) is 20.0 Å². The molecule has 1 aliphatic rings. The van der Waals surface area contributed by atoms with Crippen molar-refractivity contribution in [2.24, 2.45) is 0 Å². The highest BCUT2D eigenvalue weighted by Crippen LogP contribution is 2.30. The molecule has 0 radical (unpaired) electrons. The summed E-state index contributed by atoms with van der Waals surface area (Å²) in [6, 6.07) is 0. The monoisotopic (exact) mass is 340 g/mol. The smallest absolute Gasteiger partial charge is 0.416 e. The normalized spacial score (nSPS) is 28.4. The van der Waals surface area contributed by atoms with Crippen molar-refractivity contribution in [2.75, 3.05) is 6.61 Å². The Balaban J connectivity index is 2.97. The van der Waals surface area contributed by atoms with Gasteiger partial charge in [-0.1, -0.05) is 6.92 Å². The molecule has 1 fully saturated rings. The van der Waals surface area contributed by atoms with Gasteiger partial charge in [0.1, 0.15) is 0 Å². The van der Waals surface area contributed by atoms with Crippen molar-refractivity contribution in [3.8, 4) is 0 Å². The van der Waals surface area contributed by atoms with Gasteiger partial charge in [-0.05, 0) is 45.7 Å². The van der Waals surface area contributed by atoms with Crippen LogP contribution in [0.1, 0.15) is 13.3 Å². The first kappa shape index (κ1) is 17.7. The first-order valence-corrected chi connectivity index (χ1v) is 17.5. The lowest BCUT2D eigenvalue weighted by molar-refractivity contribution is 0.129. The molecule has 0 aromatic heterocycles. The van der Waals surface area contributed by atoms with Gasteiger partial charge >= 0.3 is 34.5 Å². The third-order valence-electron chi connectivity index (χ3n) is 2.41. The molecule has 0 spiro atoms. The van der Waals surface area contributed by atoms with Crippen LogP contribution in [0, 0.1) is 0 Å². The van der Waals surface area contributed by atoms with Crippen molar-refractivity contribution in [1.82, 2.24) is 0 Å². The molecule has 5 nitrogen and oxygen atoms in total. The zero-order chi connectivity index (χ0) is 14.9. The Morgan fingerprint density at radius 1 is 0.684 bits per heavy atom. The van der Waals surface area contributed by atoms with Gasteiger partial charge < -0.3 is 20.9 Å². The van der Waals surface area contributed by atoms with Gasteiger partial charge in [0.15, 0.2) is 0 Å². The van der Waals surface area contributed by atoms with E-state index in [-0.39, 0.29) is 0 Å². The highest BCUT2D eigenvalue weighted by molar-refractivity contribution is 6.91. The maximum Gasteiger partial charge on any atom is 0.479 e. The van der Waals surface area contributed by atoms with Crippen LogP contribution in [0.3, 0.4) is 0 Å². The van der Waals surface area contributed by atoms with Gasteiger partial charge in [-0.15, -0.1) is 0 Å². The summed E-state index contributed by atoms with van der Waals surface area (Å²) in [5, 5.41) is 0. The van der Waals surface area contributed by atoms with Gasteiger partial charge in [0.2, 0.25) is 0 Å². The highest BCUT2D eigenvalue weighted by Gasteiger charge is 2.54. The molecular formula is C10H28O5Si4. The Kier molecular flexibility index (Phi) is 5.42. The molecule has 1 aliphatic heterocycles. The van der Waals surface area contributed by atoms with Crippen LogP contribution in [0.15, 0.2) is 0 Å². The highest BCUT2D eigenvalue weighted by atomic mass is 28.5. The maximum absolute atomic E-state index is 6.24. The van der Waals surface area contributed by atoms with E-state index in [1.807, 2.05) is 32.7 Å². The van der Waals surface area contributed by atoms with Gasteiger partial charge in [0.25, 0.3) is 0 Å². The third kappa shape index (κ3) is 5.89. The van der Waals surface area contributed by atoms with Crippen molar-refractivity contribution < 1.29 is 20.9 Å². The molecule has 1 heterocycles. The summed E-state index contributed by atoms with van der Waals surface area (Å²) in [6.45, 7) is 16.9. The second-order valence-corrected chi connectivity index (χ2v) is 20.0. The zero-order valence-electron chi connectivity index (χ0n) is 13.5. The average Bonchev–Trinajstić information content (AvgIpc) is 2.06. The molecule has 0 aromatic rings. The summed E-state index contributed by atoms with van der Waals surface area (Å²) < 4.78 is 30.8. The topological polar surface area (TPSA) is 46.2 Å². The van der Waals surface area contributed by atoms with Gasteiger partial charge in [-0.2, -0.15) is 0 Å². The van der Waals surface area contributed by atoms with E-state index in [0.29, 0.717) is 6.61 Å². The molecule has 1 saturated heterocycles. The van der Waals surface area contributed by atoms with Crippen molar-refractivity contribution in [2.45, 2.75) is 59.2 Å². The molecule has 114 valence electrons. The van der Waals surface area contributed by atoms with Crippen LogP contribution in [0.2, 0.25) is 45.8 Å². The molecule has 0 N–H and O–H groups in total. The SMILES string of the molecule is CCCO[Si]1(C)O[Si](C)(C)O[Si](C)(C)O[Si](C)(C)O1. The van der Waals surface area contributed by atoms with E-state index in [4.69, 9.17) is 20.9 Å². The predicted octanol–water partition coefficient (Wildman–Crippen LogP) is 3.17. The van der Waals surface area contributed by atoms with Crippen molar-refractivity contribution >= 4 is 34.5 Å². The standard InChI is InChI=1S/C10H28O5Si4/c1-9-10-11-19(8)14-17(4,5)12-16(2,3)13-18(6,7)15-19/h9-10H2,1-8H3. The molecule has 0 unspecified atom stereocenters. The molecular weight excluding hydrogens is 312 g/mol. The third-order valence-corrected chi connectivity index (χ3v) is 17.9.